The molecule has 0 aromatic carbocycles. The molecule has 2 heterocycles. The quantitative estimate of drug-likeness (QED) is 0.358. The molecule has 7 heteroatoms. The maximum absolute atomic E-state index is 13.1. The molecule has 1 amide bonds. The van der Waals surface area contributed by atoms with Gasteiger partial charge in [-0.2, -0.15) is 0 Å². The number of amides is 1. The van der Waals surface area contributed by atoms with Gasteiger partial charge >= 0.3 is 0 Å². The van der Waals surface area contributed by atoms with Crippen LogP contribution in [0.4, 0.5) is 0 Å². The number of terminal acetylenes is 1. The standard InChI is InChI=1S/C19H21N3O2S2/c1-4-8-20-15(23)11-25-19-21-17-16(18(24)22(19)9-5-2)13-7-6-12(3)10-14(13)26-17/h1,5,12H,2,6-11H2,3H3,(H,20,23)/t12-/m1/s1. The van der Waals surface area contributed by atoms with E-state index in [1.54, 1.807) is 22.0 Å². The number of nitrogens with one attached hydrogen (secondary N) is 1. The van der Waals surface area contributed by atoms with Gasteiger partial charge in [-0.25, -0.2) is 4.98 Å². The van der Waals surface area contributed by atoms with Crippen LogP contribution in [0.5, 0.6) is 0 Å². The molecule has 0 fully saturated rings. The van der Waals surface area contributed by atoms with Crippen molar-refractivity contribution in [2.45, 2.75) is 37.9 Å². The van der Waals surface area contributed by atoms with Gasteiger partial charge in [0.2, 0.25) is 5.91 Å². The minimum Gasteiger partial charge on any atom is -0.344 e. The average Bonchev–Trinajstić information content (AvgIpc) is 2.98. The first kappa shape index (κ1) is 18.7. The Morgan fingerprint density at radius 1 is 1.62 bits per heavy atom. The van der Waals surface area contributed by atoms with Crippen molar-refractivity contribution in [2.75, 3.05) is 12.3 Å². The van der Waals surface area contributed by atoms with Crippen molar-refractivity contribution in [3.8, 4) is 12.3 Å². The molecule has 2 aromatic heterocycles. The second-order valence-corrected chi connectivity index (χ2v) is 8.43. The fraction of sp³-hybridized carbons (Fsp3) is 0.421. The third-order valence-electron chi connectivity index (χ3n) is 4.41. The van der Waals surface area contributed by atoms with Gasteiger partial charge in [0.15, 0.2) is 5.16 Å². The molecule has 136 valence electrons. The van der Waals surface area contributed by atoms with Gasteiger partial charge in [-0.15, -0.1) is 24.3 Å². The van der Waals surface area contributed by atoms with Gasteiger partial charge in [-0.05, 0) is 30.7 Å². The first-order chi connectivity index (χ1) is 12.5. The molecule has 0 aliphatic heterocycles. The van der Waals surface area contributed by atoms with Crippen LogP contribution in [-0.2, 0) is 24.2 Å². The number of carbonyl (C=O) groups excluding carboxylic acids is 1. The number of aromatic nitrogens is 2. The Bertz CT molecular complexity index is 952. The molecule has 1 atom stereocenters. The summed E-state index contributed by atoms with van der Waals surface area (Å²) in [5.41, 5.74) is 1.13. The Morgan fingerprint density at radius 2 is 2.42 bits per heavy atom. The Kier molecular flexibility index (Phi) is 5.84. The molecule has 3 rings (SSSR count). The zero-order chi connectivity index (χ0) is 18.7. The number of allylic oxidation sites excluding steroid dienone is 1. The number of aryl methyl sites for hydroxylation is 1. The van der Waals surface area contributed by atoms with E-state index in [1.165, 1.54) is 22.2 Å². The number of thiophene rings is 1. The summed E-state index contributed by atoms with van der Waals surface area (Å²) < 4.78 is 1.61. The average molecular weight is 388 g/mol. The maximum Gasteiger partial charge on any atom is 0.263 e. The van der Waals surface area contributed by atoms with Crippen LogP contribution in [0.25, 0.3) is 10.2 Å². The molecular weight excluding hydrogens is 366 g/mol. The van der Waals surface area contributed by atoms with Crippen molar-refractivity contribution < 1.29 is 4.79 Å². The lowest BCUT2D eigenvalue weighted by molar-refractivity contribution is -0.118. The van der Waals surface area contributed by atoms with Gasteiger partial charge in [-0.1, -0.05) is 30.7 Å². The topological polar surface area (TPSA) is 64.0 Å². The highest BCUT2D eigenvalue weighted by molar-refractivity contribution is 7.99. The van der Waals surface area contributed by atoms with E-state index in [4.69, 9.17) is 11.4 Å². The van der Waals surface area contributed by atoms with Gasteiger partial charge < -0.3 is 5.32 Å². The van der Waals surface area contributed by atoms with Gasteiger partial charge in [0, 0.05) is 11.4 Å². The van der Waals surface area contributed by atoms with Crippen LogP contribution in [-0.4, -0.2) is 27.8 Å². The first-order valence-corrected chi connectivity index (χ1v) is 10.3. The normalized spacial score (nSPS) is 16.1. The number of carbonyl (C=O) groups is 1. The molecule has 1 aliphatic rings. The van der Waals surface area contributed by atoms with Crippen molar-refractivity contribution in [1.29, 1.82) is 0 Å². The van der Waals surface area contributed by atoms with E-state index in [0.717, 1.165) is 29.5 Å². The number of rotatable bonds is 6. The predicted octanol–water partition coefficient (Wildman–Crippen LogP) is 2.61. The smallest absolute Gasteiger partial charge is 0.263 e. The number of fused-ring (bicyclic) bond motifs is 3. The second-order valence-electron chi connectivity index (χ2n) is 6.40. The van der Waals surface area contributed by atoms with Crippen molar-refractivity contribution >= 4 is 39.2 Å². The summed E-state index contributed by atoms with van der Waals surface area (Å²) in [6.07, 6.45) is 9.87. The lowest BCUT2D eigenvalue weighted by Gasteiger charge is -2.17. The Labute approximate surface area is 160 Å². The highest BCUT2D eigenvalue weighted by Gasteiger charge is 2.24. The van der Waals surface area contributed by atoms with Crippen LogP contribution < -0.4 is 10.9 Å². The van der Waals surface area contributed by atoms with Crippen molar-refractivity contribution in [1.82, 2.24) is 14.9 Å². The highest BCUT2D eigenvalue weighted by atomic mass is 32.2. The van der Waals surface area contributed by atoms with Crippen molar-refractivity contribution in [3.63, 3.8) is 0 Å². The SMILES string of the molecule is C#CCNC(=O)CSc1nc2sc3c(c2c(=O)n1CC=C)CC[C@@H](C)C3. The fourth-order valence-electron chi connectivity index (χ4n) is 3.14. The lowest BCUT2D eigenvalue weighted by Crippen LogP contribution is -2.27. The van der Waals surface area contributed by atoms with Gasteiger partial charge in [-0.3, -0.25) is 14.2 Å². The summed E-state index contributed by atoms with van der Waals surface area (Å²) in [4.78, 5) is 31.7. The van der Waals surface area contributed by atoms with Crippen LogP contribution in [0.1, 0.15) is 23.8 Å². The first-order valence-electron chi connectivity index (χ1n) is 8.54. The van der Waals surface area contributed by atoms with E-state index in [2.05, 4.69) is 24.7 Å². The minimum absolute atomic E-state index is 0.0338. The molecule has 1 aliphatic carbocycles. The molecule has 0 spiro atoms. The monoisotopic (exact) mass is 387 g/mol. The molecule has 26 heavy (non-hydrogen) atoms. The number of nitrogens with zero attached hydrogens (tertiary/aromatic N) is 2. The van der Waals surface area contributed by atoms with Crippen LogP contribution >= 0.6 is 23.1 Å². The maximum atomic E-state index is 13.1. The fourth-order valence-corrected chi connectivity index (χ4v) is 5.40. The van der Waals surface area contributed by atoms with Gasteiger partial charge in [0.25, 0.3) is 5.56 Å². The van der Waals surface area contributed by atoms with Crippen molar-refractivity contribution in [3.05, 3.63) is 33.4 Å². The summed E-state index contributed by atoms with van der Waals surface area (Å²) in [6.45, 7) is 6.55. The molecule has 1 N–H and O–H groups in total. The number of hydrogen-bond donors (Lipinski definition) is 1. The highest BCUT2D eigenvalue weighted by Crippen LogP contribution is 2.36. The van der Waals surface area contributed by atoms with Crippen LogP contribution in [0.2, 0.25) is 0 Å². The van der Waals surface area contributed by atoms with Crippen LogP contribution in [0, 0.1) is 18.3 Å². The minimum atomic E-state index is -0.174. The lowest BCUT2D eigenvalue weighted by atomic mass is 9.89. The summed E-state index contributed by atoms with van der Waals surface area (Å²) in [5.74, 6) is 3.00. The molecule has 0 radical (unpaired) electrons. The molecule has 0 unspecified atom stereocenters. The summed E-state index contributed by atoms with van der Waals surface area (Å²) >= 11 is 2.87. The molecule has 2 aromatic rings. The zero-order valence-electron chi connectivity index (χ0n) is 14.7. The molecule has 0 saturated carbocycles. The summed E-state index contributed by atoms with van der Waals surface area (Å²) in [5, 5.41) is 3.92. The number of thioether (sulfide) groups is 1. The molecule has 0 saturated heterocycles. The molecule has 5 nitrogen and oxygen atoms in total. The Morgan fingerprint density at radius 3 is 3.15 bits per heavy atom. The van der Waals surface area contributed by atoms with E-state index in [0.29, 0.717) is 17.6 Å². The third kappa shape index (κ3) is 3.71. The summed E-state index contributed by atoms with van der Waals surface area (Å²) in [6, 6.07) is 0. The van der Waals surface area contributed by atoms with E-state index in [-0.39, 0.29) is 23.8 Å². The van der Waals surface area contributed by atoms with Crippen LogP contribution in [0.15, 0.2) is 22.6 Å². The van der Waals surface area contributed by atoms with E-state index >= 15 is 0 Å². The van der Waals surface area contributed by atoms with Crippen LogP contribution in [0.3, 0.4) is 0 Å². The molecule has 0 bridgehead atoms. The largest absolute Gasteiger partial charge is 0.344 e. The zero-order valence-corrected chi connectivity index (χ0v) is 16.3. The van der Waals surface area contributed by atoms with E-state index in [1.807, 2.05) is 0 Å². The van der Waals surface area contributed by atoms with Crippen molar-refractivity contribution in [2.24, 2.45) is 5.92 Å². The third-order valence-corrected chi connectivity index (χ3v) is 6.54. The number of hydrogen-bond acceptors (Lipinski definition) is 5. The molecular formula is C19H21N3O2S2. The predicted molar refractivity (Wildman–Crippen MR) is 108 cm³/mol. The van der Waals surface area contributed by atoms with E-state index < -0.39 is 0 Å². The Hall–Kier alpha value is -2.04. The van der Waals surface area contributed by atoms with Gasteiger partial charge in [0.1, 0.15) is 4.83 Å². The van der Waals surface area contributed by atoms with E-state index in [9.17, 15) is 9.59 Å². The Balaban J connectivity index is 1.99. The summed E-state index contributed by atoms with van der Waals surface area (Å²) in [7, 11) is 0. The van der Waals surface area contributed by atoms with Gasteiger partial charge in [0.05, 0.1) is 17.7 Å². The second kappa shape index (κ2) is 8.11.